The first-order valence-electron chi connectivity index (χ1n) is 12.9. The molecule has 43 heavy (non-hydrogen) atoms. The number of aryl methyl sites for hydroxylation is 1. The smallest absolute Gasteiger partial charge is 0.267 e. The summed E-state index contributed by atoms with van der Waals surface area (Å²) in [5.74, 6) is -0.422. The summed E-state index contributed by atoms with van der Waals surface area (Å²) in [7, 11) is -11.7. The Morgan fingerprint density at radius 2 is 1.70 bits per heavy atom. The number of hydrogen-bond donors (Lipinski definition) is 5. The Hall–Kier alpha value is -3.96. The van der Waals surface area contributed by atoms with Crippen LogP contribution in [0.5, 0.6) is 5.75 Å². The minimum absolute atomic E-state index is 0.0259. The van der Waals surface area contributed by atoms with E-state index in [1.54, 1.807) is 12.1 Å². The van der Waals surface area contributed by atoms with Gasteiger partial charge in [-0.25, -0.2) is 21.8 Å². The molecule has 0 saturated carbocycles. The van der Waals surface area contributed by atoms with Gasteiger partial charge in [0, 0.05) is 19.0 Å². The molecule has 0 bridgehead atoms. The minimum atomic E-state index is -4.18. The van der Waals surface area contributed by atoms with Gasteiger partial charge in [-0.2, -0.15) is 0 Å². The van der Waals surface area contributed by atoms with Crippen LogP contribution in [0.2, 0.25) is 0 Å². The summed E-state index contributed by atoms with van der Waals surface area (Å²) in [6.07, 6.45) is 3.16. The number of aromatic hydroxyl groups is 1. The first-order valence-corrected chi connectivity index (χ1v) is 17.8. The lowest BCUT2D eigenvalue weighted by Gasteiger charge is -2.34. The van der Waals surface area contributed by atoms with Crippen LogP contribution in [0.15, 0.2) is 84.7 Å². The van der Waals surface area contributed by atoms with Gasteiger partial charge in [0.15, 0.2) is 15.7 Å². The molecule has 2 aromatic heterocycles. The molecule has 5 rings (SSSR count). The zero-order chi connectivity index (χ0) is 31.3. The number of benzene rings is 2. The second kappa shape index (κ2) is 10.9. The van der Waals surface area contributed by atoms with Gasteiger partial charge < -0.3 is 10.4 Å². The highest BCUT2D eigenvalue weighted by molar-refractivity contribution is 8.23. The van der Waals surface area contributed by atoms with Crippen molar-refractivity contribution in [3.8, 4) is 5.75 Å². The van der Waals surface area contributed by atoms with Gasteiger partial charge in [0.2, 0.25) is 0 Å². The third-order valence-corrected chi connectivity index (χ3v) is 10.6. The number of sulfone groups is 1. The monoisotopic (exact) mass is 647 g/mol. The third-order valence-electron chi connectivity index (χ3n) is 6.72. The van der Waals surface area contributed by atoms with Crippen molar-refractivity contribution in [1.82, 2.24) is 9.55 Å². The molecule has 13 nitrogen and oxygen atoms in total. The van der Waals surface area contributed by atoms with Crippen molar-refractivity contribution in [2.24, 2.45) is 10.3 Å². The molecule has 0 fully saturated rings. The number of anilines is 2. The lowest BCUT2D eigenvalue weighted by atomic mass is 10.1. The molecular formula is C27H29N5O8S3. The molecule has 0 aliphatic carbocycles. The molecule has 228 valence electrons. The topological polar surface area (TPSA) is 200 Å². The fourth-order valence-electron chi connectivity index (χ4n) is 4.50. The number of rotatable bonds is 8. The van der Waals surface area contributed by atoms with Gasteiger partial charge in [-0.1, -0.05) is 24.6 Å². The maximum Gasteiger partial charge on any atom is 0.267 e. The van der Waals surface area contributed by atoms with Gasteiger partial charge in [0.1, 0.15) is 21.9 Å². The predicted octanol–water partition coefficient (Wildman–Crippen LogP) is 4.25. The molecule has 16 heteroatoms. The van der Waals surface area contributed by atoms with Crippen molar-refractivity contribution in [3.63, 3.8) is 0 Å². The zero-order valence-electron chi connectivity index (χ0n) is 23.2. The second-order valence-corrected chi connectivity index (χ2v) is 15.7. The van der Waals surface area contributed by atoms with Gasteiger partial charge in [0.05, 0.1) is 26.6 Å². The van der Waals surface area contributed by atoms with E-state index >= 15 is 0 Å². The fourth-order valence-corrected chi connectivity index (χ4v) is 7.37. The molecule has 0 amide bonds. The van der Waals surface area contributed by atoms with E-state index in [4.69, 9.17) is 0 Å². The SMILES string of the molecule is CC(C)CCn1c(=O)c(C2=NS(O)(O)c3cc(NS(=O)(=O)c4ccc(S(C)(=O)=O)cc4)ccc3N2)c(O)c2cccnc21. The van der Waals surface area contributed by atoms with Gasteiger partial charge in [-0.15, -0.1) is 4.40 Å². The van der Waals surface area contributed by atoms with Crippen LogP contribution in [-0.2, 0) is 26.4 Å². The average molecular weight is 648 g/mol. The summed E-state index contributed by atoms with van der Waals surface area (Å²) >= 11 is 0. The Kier molecular flexibility index (Phi) is 7.77. The van der Waals surface area contributed by atoms with Crippen LogP contribution in [0.4, 0.5) is 11.4 Å². The maximum atomic E-state index is 13.6. The second-order valence-electron chi connectivity index (χ2n) is 10.4. The normalized spacial score (nSPS) is 15.4. The summed E-state index contributed by atoms with van der Waals surface area (Å²) < 4.78 is 79.1. The van der Waals surface area contributed by atoms with Crippen molar-refractivity contribution in [2.45, 2.75) is 41.5 Å². The van der Waals surface area contributed by atoms with E-state index in [-0.39, 0.29) is 54.4 Å². The van der Waals surface area contributed by atoms with Gasteiger partial charge in [-0.05, 0) is 66.9 Å². The number of aromatic nitrogens is 2. The van der Waals surface area contributed by atoms with E-state index in [0.29, 0.717) is 13.0 Å². The Bertz CT molecular complexity index is 2060. The number of fused-ring (bicyclic) bond motifs is 2. The van der Waals surface area contributed by atoms with Gasteiger partial charge >= 0.3 is 0 Å². The van der Waals surface area contributed by atoms with Crippen molar-refractivity contribution in [2.75, 3.05) is 16.3 Å². The molecule has 0 unspecified atom stereocenters. The Morgan fingerprint density at radius 3 is 2.35 bits per heavy atom. The molecule has 2 aromatic carbocycles. The summed E-state index contributed by atoms with van der Waals surface area (Å²) in [5, 5.41) is 14.3. The van der Waals surface area contributed by atoms with Crippen LogP contribution in [-0.4, -0.2) is 52.7 Å². The van der Waals surface area contributed by atoms with E-state index in [1.807, 2.05) is 13.8 Å². The van der Waals surface area contributed by atoms with E-state index in [1.165, 1.54) is 41.1 Å². The maximum absolute atomic E-state index is 13.6. The van der Waals surface area contributed by atoms with Crippen LogP contribution >= 0.6 is 10.8 Å². The van der Waals surface area contributed by atoms with Crippen molar-refractivity contribution >= 4 is 58.9 Å². The first-order chi connectivity index (χ1) is 20.1. The standard InChI is InChI=1S/C27H29N5O8S3/c1-16(2)12-14-32-26-20(5-4-13-28-26)24(33)23(27(32)34)25-29-21-11-6-17(15-22(21)43(39,40)31-25)30-42(37,38)19-9-7-18(8-10-19)41(3,35)36/h4-11,13,15-16,30,33,39-40H,12,14H2,1-3H3,(H,29,31). The number of nitrogens with one attached hydrogen (secondary N) is 2. The molecular weight excluding hydrogens is 619 g/mol. The fraction of sp³-hybridized carbons (Fsp3) is 0.222. The molecule has 0 spiro atoms. The van der Waals surface area contributed by atoms with Crippen molar-refractivity contribution in [1.29, 1.82) is 0 Å². The lowest BCUT2D eigenvalue weighted by Crippen LogP contribution is -2.32. The number of sulfonamides is 1. The molecule has 5 N–H and O–H groups in total. The van der Waals surface area contributed by atoms with Gasteiger partial charge in [-0.3, -0.25) is 23.2 Å². The molecule has 0 atom stereocenters. The Balaban J connectivity index is 1.52. The zero-order valence-corrected chi connectivity index (χ0v) is 25.7. The highest BCUT2D eigenvalue weighted by Gasteiger charge is 2.31. The van der Waals surface area contributed by atoms with Crippen LogP contribution in [0.3, 0.4) is 0 Å². The molecule has 1 aliphatic heterocycles. The number of pyridine rings is 2. The van der Waals surface area contributed by atoms with Crippen LogP contribution in [0, 0.1) is 5.92 Å². The summed E-state index contributed by atoms with van der Waals surface area (Å²) in [5.41, 5.74) is -0.510. The third kappa shape index (κ3) is 5.96. The average Bonchev–Trinajstić information content (AvgIpc) is 2.92. The summed E-state index contributed by atoms with van der Waals surface area (Å²) in [4.78, 5) is 17.5. The van der Waals surface area contributed by atoms with Crippen LogP contribution < -0.4 is 15.6 Å². The van der Waals surface area contributed by atoms with Crippen molar-refractivity contribution in [3.05, 3.63) is 76.7 Å². The molecule has 0 radical (unpaired) electrons. The quantitative estimate of drug-likeness (QED) is 0.184. The highest BCUT2D eigenvalue weighted by atomic mass is 32.3. The number of nitrogens with zero attached hydrogens (tertiary/aromatic N) is 3. The van der Waals surface area contributed by atoms with Gasteiger partial charge in [0.25, 0.3) is 15.6 Å². The van der Waals surface area contributed by atoms with Crippen LogP contribution in [0.1, 0.15) is 25.8 Å². The predicted molar refractivity (Wildman–Crippen MR) is 165 cm³/mol. The van der Waals surface area contributed by atoms with Crippen molar-refractivity contribution < 1.29 is 31.0 Å². The number of hydrogen-bond acceptors (Lipinski definition) is 11. The van der Waals surface area contributed by atoms with E-state index < -0.39 is 41.9 Å². The molecule has 1 aliphatic rings. The summed E-state index contributed by atoms with van der Waals surface area (Å²) in [6.45, 7) is 4.31. The minimum Gasteiger partial charge on any atom is -0.506 e. The lowest BCUT2D eigenvalue weighted by molar-refractivity contribution is 0.473. The Labute approximate surface area is 249 Å². The molecule has 3 heterocycles. The first kappa shape index (κ1) is 30.5. The summed E-state index contributed by atoms with van der Waals surface area (Å²) in [6, 6.07) is 11.7. The largest absolute Gasteiger partial charge is 0.506 e. The van der Waals surface area contributed by atoms with E-state index in [2.05, 4.69) is 19.4 Å². The highest BCUT2D eigenvalue weighted by Crippen LogP contribution is 2.56. The van der Waals surface area contributed by atoms with Crippen LogP contribution in [0.25, 0.3) is 11.0 Å². The van der Waals surface area contributed by atoms with E-state index in [0.717, 1.165) is 18.4 Å². The molecule has 4 aromatic rings. The van der Waals surface area contributed by atoms with E-state index in [9.17, 15) is 35.8 Å². The molecule has 0 saturated heterocycles. The number of amidine groups is 1. The Morgan fingerprint density at radius 1 is 1.02 bits per heavy atom.